The fourth-order valence-corrected chi connectivity index (χ4v) is 2.17. The topological polar surface area (TPSA) is 17.1 Å². The van der Waals surface area contributed by atoms with Crippen molar-refractivity contribution >= 4 is 14.4 Å². The third-order valence-corrected chi connectivity index (χ3v) is 2.44. The lowest BCUT2D eigenvalue weighted by atomic mass is 10.4. The summed E-state index contributed by atoms with van der Waals surface area (Å²) in [4.78, 5) is 10.1. The Bertz CT molecular complexity index is 121. The van der Waals surface area contributed by atoms with Crippen LogP contribution < -0.4 is 0 Å². The lowest BCUT2D eigenvalue weighted by Gasteiger charge is -2.13. The second-order valence-electron chi connectivity index (χ2n) is 3.51. The molecule has 0 heterocycles. The van der Waals surface area contributed by atoms with Gasteiger partial charge in [0.2, 0.25) is 0 Å². The number of hydrogen-bond acceptors (Lipinski definition) is 1. The number of carbonyl (C=O) groups is 1. The average Bonchev–Trinajstić information content (AvgIpc) is 1.62. The van der Waals surface area contributed by atoms with Gasteiger partial charge in [0.1, 0.15) is 6.29 Å². The smallest absolute Gasteiger partial charge is 0.145 e. The summed E-state index contributed by atoms with van der Waals surface area (Å²) in [5, 5.41) is 0. The monoisotopic (exact) mass is 142 g/mol. The van der Waals surface area contributed by atoms with E-state index >= 15 is 0 Å². The molecule has 0 bridgehead atoms. The van der Waals surface area contributed by atoms with Gasteiger partial charge in [-0.15, -0.1) is 0 Å². The van der Waals surface area contributed by atoms with Crippen LogP contribution in [0.4, 0.5) is 0 Å². The quantitative estimate of drug-likeness (QED) is 0.335. The Morgan fingerprint density at radius 3 is 2.11 bits per heavy atom. The predicted molar refractivity (Wildman–Crippen MR) is 43.4 cm³/mol. The molecule has 0 unspecified atom stereocenters. The SMILES string of the molecule is C=C(C=O)C[Si](C)(C)C. The Morgan fingerprint density at radius 2 is 2.00 bits per heavy atom. The van der Waals surface area contributed by atoms with E-state index in [1.807, 2.05) is 0 Å². The van der Waals surface area contributed by atoms with E-state index in [1.165, 1.54) is 0 Å². The van der Waals surface area contributed by atoms with Crippen molar-refractivity contribution in [2.45, 2.75) is 25.7 Å². The van der Waals surface area contributed by atoms with E-state index in [1.54, 1.807) is 0 Å². The van der Waals surface area contributed by atoms with Gasteiger partial charge in [-0.05, 0) is 11.6 Å². The molecule has 52 valence electrons. The minimum Gasteiger partial charge on any atom is -0.298 e. The van der Waals surface area contributed by atoms with Crippen LogP contribution in [-0.2, 0) is 4.79 Å². The molecule has 0 aromatic rings. The molecule has 0 atom stereocenters. The summed E-state index contributed by atoms with van der Waals surface area (Å²) in [6.45, 7) is 10.3. The van der Waals surface area contributed by atoms with Crippen LogP contribution in [0.5, 0.6) is 0 Å². The second-order valence-corrected chi connectivity index (χ2v) is 8.99. The first-order valence-electron chi connectivity index (χ1n) is 3.09. The highest BCUT2D eigenvalue weighted by molar-refractivity contribution is 6.76. The van der Waals surface area contributed by atoms with Gasteiger partial charge in [-0.25, -0.2) is 0 Å². The Balaban J connectivity index is 3.74. The largest absolute Gasteiger partial charge is 0.298 e. The van der Waals surface area contributed by atoms with Crippen LogP contribution in [0.15, 0.2) is 12.2 Å². The van der Waals surface area contributed by atoms with Gasteiger partial charge in [-0.1, -0.05) is 26.2 Å². The molecule has 0 radical (unpaired) electrons. The van der Waals surface area contributed by atoms with Crippen LogP contribution >= 0.6 is 0 Å². The van der Waals surface area contributed by atoms with Gasteiger partial charge in [0.05, 0.1) is 0 Å². The summed E-state index contributed by atoms with van der Waals surface area (Å²) >= 11 is 0. The van der Waals surface area contributed by atoms with Crippen LogP contribution in [0, 0.1) is 0 Å². The van der Waals surface area contributed by atoms with E-state index in [2.05, 4.69) is 26.2 Å². The van der Waals surface area contributed by atoms with Gasteiger partial charge in [0, 0.05) is 8.07 Å². The van der Waals surface area contributed by atoms with Crippen LogP contribution in [-0.4, -0.2) is 14.4 Å². The number of aldehydes is 1. The van der Waals surface area contributed by atoms with Crippen LogP contribution in [0.25, 0.3) is 0 Å². The summed E-state index contributed by atoms with van der Waals surface area (Å²) in [6, 6.07) is 0.927. The minimum atomic E-state index is -1.07. The van der Waals surface area contributed by atoms with Crippen molar-refractivity contribution in [3.8, 4) is 0 Å². The van der Waals surface area contributed by atoms with E-state index in [4.69, 9.17) is 0 Å². The van der Waals surface area contributed by atoms with Crippen molar-refractivity contribution in [3.63, 3.8) is 0 Å². The molecular weight excluding hydrogens is 128 g/mol. The first-order valence-corrected chi connectivity index (χ1v) is 6.79. The highest BCUT2D eigenvalue weighted by Crippen LogP contribution is 2.12. The molecule has 0 saturated heterocycles. The number of carbonyl (C=O) groups excluding carboxylic acids is 1. The third-order valence-electron chi connectivity index (χ3n) is 0.924. The molecule has 0 aromatic carbocycles. The molecule has 0 N–H and O–H groups in total. The zero-order valence-corrected chi connectivity index (χ0v) is 7.40. The van der Waals surface area contributed by atoms with Crippen molar-refractivity contribution in [1.82, 2.24) is 0 Å². The Hall–Kier alpha value is -0.373. The predicted octanol–water partition coefficient (Wildman–Crippen LogP) is 2.08. The number of allylic oxidation sites excluding steroid dienone is 1. The molecule has 0 aliphatic rings. The van der Waals surface area contributed by atoms with E-state index in [9.17, 15) is 4.79 Å². The zero-order valence-electron chi connectivity index (χ0n) is 6.40. The number of hydrogen-bond donors (Lipinski definition) is 0. The molecule has 0 amide bonds. The standard InChI is InChI=1S/C7H14OSi/c1-7(5-8)6-9(2,3)4/h5H,1,6H2,2-4H3. The highest BCUT2D eigenvalue weighted by atomic mass is 28.3. The maximum absolute atomic E-state index is 10.1. The fraction of sp³-hybridized carbons (Fsp3) is 0.571. The third kappa shape index (κ3) is 5.50. The first kappa shape index (κ1) is 8.63. The minimum absolute atomic E-state index is 0.745. The van der Waals surface area contributed by atoms with Gasteiger partial charge < -0.3 is 0 Å². The van der Waals surface area contributed by atoms with Crippen molar-refractivity contribution < 1.29 is 4.79 Å². The van der Waals surface area contributed by atoms with E-state index in [0.717, 1.165) is 17.9 Å². The Morgan fingerprint density at radius 1 is 1.56 bits per heavy atom. The summed E-state index contributed by atoms with van der Waals surface area (Å²) < 4.78 is 0. The molecule has 0 rings (SSSR count). The zero-order chi connectivity index (χ0) is 7.49. The van der Waals surface area contributed by atoms with Crippen LogP contribution in [0.2, 0.25) is 25.7 Å². The lowest BCUT2D eigenvalue weighted by molar-refractivity contribution is -0.104. The van der Waals surface area contributed by atoms with Crippen LogP contribution in [0.1, 0.15) is 0 Å². The summed E-state index contributed by atoms with van der Waals surface area (Å²) in [6.07, 6.45) is 0.859. The van der Waals surface area contributed by atoms with Crippen LogP contribution in [0.3, 0.4) is 0 Å². The first-order chi connectivity index (χ1) is 3.95. The van der Waals surface area contributed by atoms with Crippen molar-refractivity contribution in [2.75, 3.05) is 0 Å². The molecule has 2 heteroatoms. The van der Waals surface area contributed by atoms with Gasteiger partial charge in [-0.2, -0.15) is 0 Å². The molecular formula is C7H14OSi. The second kappa shape index (κ2) is 2.97. The molecule has 0 fully saturated rings. The van der Waals surface area contributed by atoms with E-state index < -0.39 is 8.07 Å². The van der Waals surface area contributed by atoms with Gasteiger partial charge >= 0.3 is 0 Å². The molecule has 0 saturated carbocycles. The molecule has 0 aliphatic carbocycles. The van der Waals surface area contributed by atoms with E-state index in [-0.39, 0.29) is 0 Å². The number of rotatable bonds is 3. The average molecular weight is 142 g/mol. The molecule has 0 aliphatic heterocycles. The van der Waals surface area contributed by atoms with Crippen molar-refractivity contribution in [2.24, 2.45) is 0 Å². The van der Waals surface area contributed by atoms with Crippen molar-refractivity contribution in [1.29, 1.82) is 0 Å². The fourth-order valence-electron chi connectivity index (χ4n) is 0.723. The molecule has 9 heavy (non-hydrogen) atoms. The lowest BCUT2D eigenvalue weighted by Crippen LogP contribution is -2.19. The summed E-state index contributed by atoms with van der Waals surface area (Å²) in [5.74, 6) is 0. The van der Waals surface area contributed by atoms with Gasteiger partial charge in [0.25, 0.3) is 0 Å². The normalized spacial score (nSPS) is 11.0. The molecule has 0 aromatic heterocycles. The maximum Gasteiger partial charge on any atom is 0.145 e. The summed E-state index contributed by atoms with van der Waals surface area (Å²) in [5.41, 5.74) is 0.745. The molecule has 1 nitrogen and oxygen atoms in total. The summed E-state index contributed by atoms with van der Waals surface area (Å²) in [7, 11) is -1.07. The van der Waals surface area contributed by atoms with Gasteiger partial charge in [0.15, 0.2) is 0 Å². The van der Waals surface area contributed by atoms with E-state index in [0.29, 0.717) is 0 Å². The highest BCUT2D eigenvalue weighted by Gasteiger charge is 2.13. The van der Waals surface area contributed by atoms with Crippen molar-refractivity contribution in [3.05, 3.63) is 12.2 Å². The Kier molecular flexibility index (Phi) is 2.84. The molecule has 0 spiro atoms. The Labute approximate surface area is 57.8 Å². The van der Waals surface area contributed by atoms with Gasteiger partial charge in [-0.3, -0.25) is 4.79 Å². The maximum atomic E-state index is 10.1.